The third-order valence-electron chi connectivity index (χ3n) is 5.81. The van der Waals surface area contributed by atoms with Gasteiger partial charge >= 0.3 is 0 Å². The highest BCUT2D eigenvalue weighted by atomic mass is 15.2. The molecule has 2 aliphatic heterocycles. The Balaban J connectivity index is 1.55. The summed E-state index contributed by atoms with van der Waals surface area (Å²) >= 11 is 0. The zero-order chi connectivity index (χ0) is 16.3. The van der Waals surface area contributed by atoms with Crippen LogP contribution in [0.25, 0.3) is 0 Å². The van der Waals surface area contributed by atoms with Crippen LogP contribution in [-0.4, -0.2) is 48.6 Å². The van der Waals surface area contributed by atoms with Crippen LogP contribution in [0.2, 0.25) is 0 Å². The second-order valence-electron chi connectivity index (χ2n) is 7.60. The molecular formula is C20H29N3. The van der Waals surface area contributed by atoms with Crippen molar-refractivity contribution in [2.24, 2.45) is 5.92 Å². The quantitative estimate of drug-likeness (QED) is 0.855. The lowest BCUT2D eigenvalue weighted by molar-refractivity contribution is 0.159. The molecule has 1 aromatic carbocycles. The molecule has 1 aromatic rings. The Labute approximate surface area is 140 Å². The first-order valence-electron chi connectivity index (χ1n) is 9.06. The maximum Gasteiger partial charge on any atom is 0.0846 e. The fourth-order valence-corrected chi connectivity index (χ4v) is 4.19. The van der Waals surface area contributed by atoms with Gasteiger partial charge in [0.2, 0.25) is 0 Å². The van der Waals surface area contributed by atoms with E-state index < -0.39 is 0 Å². The molecule has 0 unspecified atom stereocenters. The van der Waals surface area contributed by atoms with Crippen LogP contribution in [-0.2, 0) is 5.41 Å². The lowest BCUT2D eigenvalue weighted by atomic mass is 9.74. The van der Waals surface area contributed by atoms with Crippen LogP contribution in [0.3, 0.4) is 0 Å². The topological polar surface area (TPSA) is 30.3 Å². The van der Waals surface area contributed by atoms with Crippen LogP contribution in [0.4, 0.5) is 0 Å². The van der Waals surface area contributed by atoms with E-state index in [1.807, 2.05) is 6.07 Å². The molecule has 3 heteroatoms. The highest BCUT2D eigenvalue weighted by Crippen LogP contribution is 2.35. The largest absolute Gasteiger partial charge is 0.303 e. The van der Waals surface area contributed by atoms with E-state index in [4.69, 9.17) is 0 Å². The van der Waals surface area contributed by atoms with Gasteiger partial charge in [0.1, 0.15) is 0 Å². The molecule has 3 rings (SSSR count). The molecule has 2 aliphatic rings. The molecule has 0 N–H and O–H groups in total. The lowest BCUT2D eigenvalue weighted by Crippen LogP contribution is -2.44. The van der Waals surface area contributed by atoms with Gasteiger partial charge in [-0.2, -0.15) is 5.26 Å². The molecule has 23 heavy (non-hydrogen) atoms. The van der Waals surface area contributed by atoms with Gasteiger partial charge in [-0.25, -0.2) is 0 Å². The summed E-state index contributed by atoms with van der Waals surface area (Å²) in [4.78, 5) is 5.19. The Morgan fingerprint density at radius 1 is 1.17 bits per heavy atom. The van der Waals surface area contributed by atoms with Gasteiger partial charge in [-0.05, 0) is 64.2 Å². The minimum Gasteiger partial charge on any atom is -0.303 e. The van der Waals surface area contributed by atoms with Crippen LogP contribution in [0, 0.1) is 17.2 Å². The van der Waals surface area contributed by atoms with E-state index in [0.29, 0.717) is 6.04 Å². The van der Waals surface area contributed by atoms with Crippen molar-refractivity contribution < 1.29 is 0 Å². The summed E-state index contributed by atoms with van der Waals surface area (Å²) < 4.78 is 0. The van der Waals surface area contributed by atoms with E-state index in [9.17, 15) is 5.26 Å². The Bertz CT molecular complexity index is 538. The first-order valence-corrected chi connectivity index (χ1v) is 9.06. The minimum absolute atomic E-state index is 0.266. The highest BCUT2D eigenvalue weighted by molar-refractivity contribution is 5.33. The fraction of sp³-hybridized carbons (Fsp3) is 0.650. The van der Waals surface area contributed by atoms with Crippen LogP contribution < -0.4 is 0 Å². The number of hydrogen-bond acceptors (Lipinski definition) is 3. The normalized spacial score (nSPS) is 25.6. The Hall–Kier alpha value is -1.37. The van der Waals surface area contributed by atoms with Crippen LogP contribution in [0.15, 0.2) is 30.3 Å². The van der Waals surface area contributed by atoms with Crippen LogP contribution in [0.1, 0.15) is 38.7 Å². The number of piperidine rings is 1. The lowest BCUT2D eigenvalue weighted by Gasteiger charge is -2.38. The third kappa shape index (κ3) is 3.59. The minimum atomic E-state index is -0.266. The third-order valence-corrected chi connectivity index (χ3v) is 5.81. The Kier molecular flexibility index (Phi) is 5.04. The van der Waals surface area contributed by atoms with Crippen molar-refractivity contribution in [1.29, 1.82) is 5.26 Å². The molecule has 0 bridgehead atoms. The first-order chi connectivity index (χ1) is 11.1. The predicted octanol–water partition coefficient (Wildman–Crippen LogP) is 3.27. The number of likely N-dealkylation sites (tertiary alicyclic amines) is 2. The molecule has 2 fully saturated rings. The molecular weight excluding hydrogens is 282 g/mol. The molecule has 1 atom stereocenters. The smallest absolute Gasteiger partial charge is 0.0846 e. The molecule has 3 nitrogen and oxygen atoms in total. The van der Waals surface area contributed by atoms with Gasteiger partial charge in [0.25, 0.3) is 0 Å². The summed E-state index contributed by atoms with van der Waals surface area (Å²) in [5.74, 6) is 0.809. The SMILES string of the molecule is CC(C)N1CC[C@H](CN2CCC(C#N)(c3ccccc3)CC2)C1. The molecule has 0 aliphatic carbocycles. The van der Waals surface area contributed by atoms with Crippen molar-refractivity contribution in [2.45, 2.75) is 44.6 Å². The summed E-state index contributed by atoms with van der Waals surface area (Å²) in [6.07, 6.45) is 3.26. The summed E-state index contributed by atoms with van der Waals surface area (Å²) in [7, 11) is 0. The first kappa shape index (κ1) is 16.5. The number of benzene rings is 1. The van der Waals surface area contributed by atoms with Gasteiger partial charge in [0.15, 0.2) is 0 Å². The molecule has 2 saturated heterocycles. The zero-order valence-electron chi connectivity index (χ0n) is 14.5. The van der Waals surface area contributed by atoms with Gasteiger partial charge in [-0.15, -0.1) is 0 Å². The number of nitriles is 1. The molecule has 0 spiro atoms. The molecule has 0 saturated carbocycles. The van der Waals surface area contributed by atoms with Crippen molar-refractivity contribution in [1.82, 2.24) is 9.80 Å². The molecule has 2 heterocycles. The molecule has 0 aromatic heterocycles. The number of rotatable bonds is 4. The Morgan fingerprint density at radius 3 is 2.43 bits per heavy atom. The second-order valence-corrected chi connectivity index (χ2v) is 7.60. The second kappa shape index (κ2) is 7.03. The standard InChI is InChI=1S/C20H29N3/c1-17(2)23-11-8-18(15-23)14-22-12-9-20(16-21,10-13-22)19-6-4-3-5-7-19/h3-7,17-18H,8-15H2,1-2H3/t18-/m1/s1. The summed E-state index contributed by atoms with van der Waals surface area (Å²) in [6.45, 7) is 10.4. The van der Waals surface area contributed by atoms with Gasteiger partial charge < -0.3 is 9.80 Å². The highest BCUT2D eigenvalue weighted by Gasteiger charge is 2.37. The average Bonchev–Trinajstić information content (AvgIpc) is 3.05. The van der Waals surface area contributed by atoms with Crippen molar-refractivity contribution in [3.05, 3.63) is 35.9 Å². The number of nitrogens with zero attached hydrogens (tertiary/aromatic N) is 3. The van der Waals surface area contributed by atoms with E-state index >= 15 is 0 Å². The van der Waals surface area contributed by atoms with E-state index in [0.717, 1.165) is 31.8 Å². The maximum atomic E-state index is 9.79. The van der Waals surface area contributed by atoms with E-state index in [1.165, 1.54) is 31.6 Å². The van der Waals surface area contributed by atoms with Gasteiger partial charge in [0, 0.05) is 19.1 Å². The molecule has 0 amide bonds. The van der Waals surface area contributed by atoms with Gasteiger partial charge in [0.05, 0.1) is 11.5 Å². The maximum absolute atomic E-state index is 9.79. The molecule has 124 valence electrons. The van der Waals surface area contributed by atoms with Gasteiger partial charge in [-0.1, -0.05) is 30.3 Å². The van der Waals surface area contributed by atoms with Crippen LogP contribution >= 0.6 is 0 Å². The monoisotopic (exact) mass is 311 g/mol. The predicted molar refractivity (Wildman–Crippen MR) is 94.2 cm³/mol. The molecule has 0 radical (unpaired) electrons. The van der Waals surface area contributed by atoms with E-state index in [1.54, 1.807) is 0 Å². The van der Waals surface area contributed by atoms with Crippen molar-refractivity contribution in [2.75, 3.05) is 32.7 Å². The summed E-state index contributed by atoms with van der Waals surface area (Å²) in [5.41, 5.74) is 0.936. The van der Waals surface area contributed by atoms with Crippen molar-refractivity contribution in [3.63, 3.8) is 0 Å². The van der Waals surface area contributed by atoms with Crippen molar-refractivity contribution >= 4 is 0 Å². The van der Waals surface area contributed by atoms with Gasteiger partial charge in [-0.3, -0.25) is 0 Å². The zero-order valence-corrected chi connectivity index (χ0v) is 14.5. The Morgan fingerprint density at radius 2 is 1.87 bits per heavy atom. The fourth-order valence-electron chi connectivity index (χ4n) is 4.19. The average molecular weight is 311 g/mol. The van der Waals surface area contributed by atoms with E-state index in [2.05, 4.69) is 54.0 Å². The van der Waals surface area contributed by atoms with Crippen LogP contribution in [0.5, 0.6) is 0 Å². The van der Waals surface area contributed by atoms with E-state index in [-0.39, 0.29) is 5.41 Å². The summed E-state index contributed by atoms with van der Waals surface area (Å²) in [6, 6.07) is 13.7. The number of hydrogen-bond donors (Lipinski definition) is 0. The van der Waals surface area contributed by atoms with Crippen molar-refractivity contribution in [3.8, 4) is 6.07 Å². The summed E-state index contributed by atoms with van der Waals surface area (Å²) in [5, 5.41) is 9.79.